The van der Waals surface area contributed by atoms with Gasteiger partial charge < -0.3 is 5.11 Å². The van der Waals surface area contributed by atoms with Crippen LogP contribution in [0.5, 0.6) is 0 Å². The van der Waals surface area contributed by atoms with Gasteiger partial charge in [0.2, 0.25) is 0 Å². The summed E-state index contributed by atoms with van der Waals surface area (Å²) in [5.74, 6) is -0.491. The highest BCUT2D eigenvalue weighted by molar-refractivity contribution is 9.11. The van der Waals surface area contributed by atoms with E-state index in [0.29, 0.717) is 15.7 Å². The lowest BCUT2D eigenvalue weighted by Gasteiger charge is -2.11. The van der Waals surface area contributed by atoms with Crippen molar-refractivity contribution in [2.75, 3.05) is 0 Å². The number of hydrogen-bond acceptors (Lipinski definition) is 3. The molecule has 2 aromatic rings. The van der Waals surface area contributed by atoms with E-state index in [1.54, 1.807) is 12.3 Å². The minimum atomic E-state index is -1.01. The van der Waals surface area contributed by atoms with E-state index in [4.69, 9.17) is 0 Å². The van der Waals surface area contributed by atoms with Crippen molar-refractivity contribution in [1.82, 2.24) is 9.97 Å². The first-order valence-corrected chi connectivity index (χ1v) is 6.26. The van der Waals surface area contributed by atoms with Gasteiger partial charge in [-0.15, -0.1) is 0 Å². The molecule has 0 amide bonds. The molecular formula is C11H7Br2FN2O. The summed E-state index contributed by atoms with van der Waals surface area (Å²) in [5, 5.41) is 10.1. The zero-order valence-electron chi connectivity index (χ0n) is 8.44. The molecule has 2 heterocycles. The van der Waals surface area contributed by atoms with E-state index in [-0.39, 0.29) is 0 Å². The average Bonchev–Trinajstić information content (AvgIpc) is 2.28. The van der Waals surface area contributed by atoms with Crippen LogP contribution in [0, 0.1) is 5.82 Å². The maximum absolute atomic E-state index is 13.0. The number of hydrogen-bond donors (Lipinski definition) is 1. The summed E-state index contributed by atoms with van der Waals surface area (Å²) in [6, 6.07) is 2.99. The average molecular weight is 362 g/mol. The van der Waals surface area contributed by atoms with Gasteiger partial charge in [0.25, 0.3) is 0 Å². The van der Waals surface area contributed by atoms with Crippen LogP contribution >= 0.6 is 31.9 Å². The zero-order chi connectivity index (χ0) is 12.4. The van der Waals surface area contributed by atoms with Crippen LogP contribution in [0.3, 0.4) is 0 Å². The number of halogens is 3. The van der Waals surface area contributed by atoms with Crippen molar-refractivity contribution in [2.24, 2.45) is 0 Å². The van der Waals surface area contributed by atoms with Gasteiger partial charge in [0.15, 0.2) is 0 Å². The Balaban J connectivity index is 2.40. The number of pyridine rings is 2. The summed E-state index contributed by atoms with van der Waals surface area (Å²) in [7, 11) is 0. The lowest BCUT2D eigenvalue weighted by atomic mass is 10.1. The molecule has 0 radical (unpaired) electrons. The number of rotatable bonds is 2. The molecule has 6 heteroatoms. The zero-order valence-corrected chi connectivity index (χ0v) is 11.6. The van der Waals surface area contributed by atoms with Gasteiger partial charge in [0.05, 0.1) is 11.9 Å². The monoisotopic (exact) mass is 360 g/mol. The largest absolute Gasteiger partial charge is 0.382 e. The second-order valence-corrected chi connectivity index (χ2v) is 5.13. The second kappa shape index (κ2) is 5.20. The topological polar surface area (TPSA) is 46.0 Å². The summed E-state index contributed by atoms with van der Waals surface area (Å²) in [5.41, 5.74) is 0.779. The molecule has 2 aromatic heterocycles. The predicted molar refractivity (Wildman–Crippen MR) is 67.9 cm³/mol. The quantitative estimate of drug-likeness (QED) is 0.893. The minimum absolute atomic E-state index is 0.362. The summed E-state index contributed by atoms with van der Waals surface area (Å²) in [6.07, 6.45) is 3.04. The first kappa shape index (κ1) is 12.6. The fourth-order valence-electron chi connectivity index (χ4n) is 1.36. The third kappa shape index (κ3) is 2.88. The summed E-state index contributed by atoms with van der Waals surface area (Å²) in [6.45, 7) is 0. The van der Waals surface area contributed by atoms with E-state index in [0.717, 1.165) is 10.7 Å². The van der Waals surface area contributed by atoms with Gasteiger partial charge in [-0.3, -0.25) is 9.97 Å². The van der Waals surface area contributed by atoms with Crippen LogP contribution in [0.4, 0.5) is 4.39 Å². The fourth-order valence-corrected chi connectivity index (χ4v) is 2.57. The number of aliphatic hydroxyl groups excluding tert-OH is 1. The molecule has 0 aliphatic rings. The van der Waals surface area contributed by atoms with Crippen molar-refractivity contribution in [3.05, 3.63) is 56.7 Å². The van der Waals surface area contributed by atoms with Gasteiger partial charge in [-0.25, -0.2) is 4.39 Å². The molecule has 0 aliphatic heterocycles. The van der Waals surface area contributed by atoms with E-state index in [1.807, 2.05) is 0 Å². The molecule has 0 fully saturated rings. The van der Waals surface area contributed by atoms with E-state index >= 15 is 0 Å². The second-order valence-electron chi connectivity index (χ2n) is 3.36. The van der Waals surface area contributed by atoms with Gasteiger partial charge in [0.1, 0.15) is 11.9 Å². The van der Waals surface area contributed by atoms with Gasteiger partial charge in [-0.1, -0.05) is 0 Å². The normalized spacial score (nSPS) is 12.5. The first-order chi connectivity index (χ1) is 8.08. The summed E-state index contributed by atoms with van der Waals surface area (Å²) >= 11 is 6.56. The lowest BCUT2D eigenvalue weighted by Crippen LogP contribution is -2.04. The Bertz CT molecular complexity index is 551. The highest BCUT2D eigenvalue weighted by Crippen LogP contribution is 2.28. The third-order valence-corrected chi connectivity index (χ3v) is 3.21. The molecule has 17 heavy (non-hydrogen) atoms. The van der Waals surface area contributed by atoms with Gasteiger partial charge in [-0.2, -0.15) is 0 Å². The summed E-state index contributed by atoms with van der Waals surface area (Å²) in [4.78, 5) is 7.78. The van der Waals surface area contributed by atoms with Crippen LogP contribution in [-0.4, -0.2) is 15.1 Å². The molecule has 1 unspecified atom stereocenters. The Labute approximate surface area is 114 Å². The van der Waals surface area contributed by atoms with Crippen molar-refractivity contribution < 1.29 is 9.50 Å². The summed E-state index contributed by atoms with van der Waals surface area (Å²) < 4.78 is 14.4. The highest BCUT2D eigenvalue weighted by Gasteiger charge is 2.16. The van der Waals surface area contributed by atoms with Gasteiger partial charge >= 0.3 is 0 Å². The Kier molecular flexibility index (Phi) is 3.86. The molecule has 2 rings (SSSR count). The maximum Gasteiger partial charge on any atom is 0.141 e. The lowest BCUT2D eigenvalue weighted by molar-refractivity contribution is 0.213. The van der Waals surface area contributed by atoms with Crippen LogP contribution in [0.2, 0.25) is 0 Å². The number of nitrogens with zero attached hydrogens (tertiary/aromatic N) is 2. The fraction of sp³-hybridized carbons (Fsp3) is 0.0909. The Hall–Kier alpha value is -0.850. The molecule has 1 atom stereocenters. The van der Waals surface area contributed by atoms with Crippen molar-refractivity contribution in [3.63, 3.8) is 0 Å². The van der Waals surface area contributed by atoms with E-state index < -0.39 is 11.9 Å². The van der Waals surface area contributed by atoms with Crippen LogP contribution in [-0.2, 0) is 0 Å². The number of aliphatic hydroxyl groups is 1. The van der Waals surface area contributed by atoms with Crippen molar-refractivity contribution in [2.45, 2.75) is 6.10 Å². The first-order valence-electron chi connectivity index (χ1n) is 4.67. The third-order valence-electron chi connectivity index (χ3n) is 2.14. The van der Waals surface area contributed by atoms with Crippen LogP contribution in [0.1, 0.15) is 17.4 Å². The molecule has 0 saturated heterocycles. The smallest absolute Gasteiger partial charge is 0.141 e. The van der Waals surface area contributed by atoms with Crippen LogP contribution in [0.25, 0.3) is 0 Å². The van der Waals surface area contributed by atoms with Gasteiger partial charge in [-0.05, 0) is 44.0 Å². The minimum Gasteiger partial charge on any atom is -0.382 e. The molecule has 0 bridgehead atoms. The standard InChI is InChI=1S/C11H7Br2FN2O/c12-7-2-9(13)10(16-4-7)11(17)6-1-8(14)5-15-3-6/h1-5,11,17H. The predicted octanol–water partition coefficient (Wildman–Crippen LogP) is 3.22. The molecule has 1 N–H and O–H groups in total. The van der Waals surface area contributed by atoms with E-state index in [2.05, 4.69) is 41.8 Å². The molecular weight excluding hydrogens is 355 g/mol. The molecule has 0 spiro atoms. The van der Waals surface area contributed by atoms with Crippen molar-refractivity contribution in [1.29, 1.82) is 0 Å². The van der Waals surface area contributed by atoms with Crippen molar-refractivity contribution >= 4 is 31.9 Å². The molecule has 3 nitrogen and oxygen atoms in total. The Morgan fingerprint density at radius 3 is 2.59 bits per heavy atom. The Morgan fingerprint density at radius 1 is 1.18 bits per heavy atom. The molecule has 0 saturated carbocycles. The molecule has 0 aliphatic carbocycles. The van der Waals surface area contributed by atoms with E-state index in [9.17, 15) is 9.50 Å². The SMILES string of the molecule is OC(c1cncc(F)c1)c1ncc(Br)cc1Br. The Morgan fingerprint density at radius 2 is 1.94 bits per heavy atom. The molecule has 0 aromatic carbocycles. The van der Waals surface area contributed by atoms with E-state index in [1.165, 1.54) is 12.3 Å². The van der Waals surface area contributed by atoms with Crippen LogP contribution < -0.4 is 0 Å². The maximum atomic E-state index is 13.0. The van der Waals surface area contributed by atoms with Crippen molar-refractivity contribution in [3.8, 4) is 0 Å². The molecule has 88 valence electrons. The number of aromatic nitrogens is 2. The highest BCUT2D eigenvalue weighted by atomic mass is 79.9. The van der Waals surface area contributed by atoms with Gasteiger partial charge in [0, 0.05) is 26.9 Å². The van der Waals surface area contributed by atoms with Crippen LogP contribution in [0.15, 0.2) is 39.7 Å².